The summed E-state index contributed by atoms with van der Waals surface area (Å²) in [5, 5.41) is 0. The van der Waals surface area contributed by atoms with Gasteiger partial charge in [0.1, 0.15) is 24.8 Å². The molecular formula is C41H49F2NO7. The summed E-state index contributed by atoms with van der Waals surface area (Å²) in [6, 6.07) is 24.2. The molecule has 4 rings (SSSR count). The molecule has 0 aliphatic carbocycles. The van der Waals surface area contributed by atoms with E-state index in [0.717, 1.165) is 60.8 Å². The van der Waals surface area contributed by atoms with Crippen molar-refractivity contribution in [1.82, 2.24) is 4.90 Å². The largest absolute Gasteiger partial charge is 0.493 e. The van der Waals surface area contributed by atoms with Gasteiger partial charge in [0.25, 0.3) is 0 Å². The number of aryl methyl sites for hydroxylation is 2. The van der Waals surface area contributed by atoms with Gasteiger partial charge in [0.05, 0.1) is 21.3 Å². The van der Waals surface area contributed by atoms with Gasteiger partial charge in [-0.2, -0.15) is 0 Å². The summed E-state index contributed by atoms with van der Waals surface area (Å²) in [6.45, 7) is 0.548. The lowest BCUT2D eigenvalue weighted by atomic mass is 10.1. The summed E-state index contributed by atoms with van der Waals surface area (Å²) < 4.78 is 53.4. The van der Waals surface area contributed by atoms with E-state index in [2.05, 4.69) is 4.74 Å². The average Bonchev–Trinajstić information content (AvgIpc) is 3.13. The second-order valence-electron chi connectivity index (χ2n) is 12.1. The number of rotatable bonds is 18. The molecule has 0 saturated heterocycles. The zero-order valence-electron chi connectivity index (χ0n) is 30.2. The molecule has 0 aromatic heterocycles. The average molecular weight is 706 g/mol. The minimum atomic E-state index is -0.282. The fraction of sp³-hybridized carbons (Fsp3) is 0.366. The molecular weight excluding hydrogens is 656 g/mol. The number of nitrogens with zero attached hydrogens (tertiary/aromatic N) is 1. The number of halogens is 2. The van der Waals surface area contributed by atoms with Crippen LogP contribution in [0.5, 0.6) is 23.0 Å². The highest BCUT2D eigenvalue weighted by molar-refractivity contribution is 5.75. The Labute approximate surface area is 300 Å². The number of amides is 1. The molecule has 0 N–H and O–H groups in total. The van der Waals surface area contributed by atoms with Crippen LogP contribution < -0.4 is 18.9 Å². The highest BCUT2D eigenvalue weighted by Gasteiger charge is 2.10. The Morgan fingerprint density at radius 2 is 1.04 bits per heavy atom. The third-order valence-electron chi connectivity index (χ3n) is 7.95. The van der Waals surface area contributed by atoms with E-state index in [0.29, 0.717) is 35.8 Å². The zero-order valence-corrected chi connectivity index (χ0v) is 30.2. The molecule has 274 valence electrons. The molecule has 1 amide bonds. The number of carbonyl (C=O) groups excluding carboxylic acids is 2. The number of unbranched alkanes of at least 4 members (excludes halogenated alkanes) is 2. The van der Waals surface area contributed by atoms with Crippen molar-refractivity contribution in [2.75, 3.05) is 35.4 Å². The van der Waals surface area contributed by atoms with Crippen LogP contribution in [0.15, 0.2) is 84.9 Å². The van der Waals surface area contributed by atoms with Crippen LogP contribution in [0.4, 0.5) is 8.78 Å². The Morgan fingerprint density at radius 1 is 0.569 bits per heavy atom. The number of hydrogen-bond acceptors (Lipinski definition) is 7. The van der Waals surface area contributed by atoms with E-state index < -0.39 is 0 Å². The minimum Gasteiger partial charge on any atom is -0.493 e. The number of hydrogen-bond donors (Lipinski definition) is 0. The first-order valence-corrected chi connectivity index (χ1v) is 17.0. The third-order valence-corrected chi connectivity index (χ3v) is 7.95. The van der Waals surface area contributed by atoms with E-state index in [9.17, 15) is 18.4 Å². The second kappa shape index (κ2) is 21.9. The van der Waals surface area contributed by atoms with Gasteiger partial charge in [0, 0.05) is 26.9 Å². The van der Waals surface area contributed by atoms with Crippen LogP contribution in [-0.4, -0.2) is 52.2 Å². The molecule has 0 heterocycles. The first-order valence-electron chi connectivity index (χ1n) is 17.0. The molecule has 51 heavy (non-hydrogen) atoms. The molecule has 0 aliphatic heterocycles. The van der Waals surface area contributed by atoms with Crippen LogP contribution in [0.3, 0.4) is 0 Å². The lowest BCUT2D eigenvalue weighted by molar-refractivity contribution is -0.140. The van der Waals surface area contributed by atoms with Crippen molar-refractivity contribution in [3.63, 3.8) is 0 Å². The van der Waals surface area contributed by atoms with Gasteiger partial charge < -0.3 is 28.6 Å². The van der Waals surface area contributed by atoms with E-state index in [1.54, 1.807) is 45.3 Å². The van der Waals surface area contributed by atoms with E-state index in [1.807, 2.05) is 48.5 Å². The predicted molar refractivity (Wildman–Crippen MR) is 193 cm³/mol. The van der Waals surface area contributed by atoms with Gasteiger partial charge >= 0.3 is 5.97 Å². The van der Waals surface area contributed by atoms with Gasteiger partial charge in [0.15, 0.2) is 23.0 Å². The Morgan fingerprint density at radius 3 is 1.45 bits per heavy atom. The quantitative estimate of drug-likeness (QED) is 0.0758. The molecule has 0 radical (unpaired) electrons. The number of esters is 1. The molecule has 8 nitrogen and oxygen atoms in total. The van der Waals surface area contributed by atoms with Gasteiger partial charge in [-0.15, -0.1) is 0 Å². The Balaban J connectivity index is 0.000000276. The maximum absolute atomic E-state index is 13.2. The predicted octanol–water partition coefficient (Wildman–Crippen LogP) is 8.51. The van der Waals surface area contributed by atoms with Gasteiger partial charge in [-0.3, -0.25) is 9.59 Å². The topological polar surface area (TPSA) is 83.5 Å². The van der Waals surface area contributed by atoms with E-state index in [-0.39, 0.29) is 36.7 Å². The fourth-order valence-corrected chi connectivity index (χ4v) is 5.08. The van der Waals surface area contributed by atoms with Crippen LogP contribution >= 0.6 is 0 Å². The third kappa shape index (κ3) is 14.7. The molecule has 10 heteroatoms. The summed E-state index contributed by atoms with van der Waals surface area (Å²) >= 11 is 0. The maximum atomic E-state index is 13.2. The second-order valence-corrected chi connectivity index (χ2v) is 12.1. The molecule has 0 fully saturated rings. The monoisotopic (exact) mass is 705 g/mol. The number of ether oxygens (including phenoxy) is 5. The van der Waals surface area contributed by atoms with E-state index >= 15 is 0 Å². The maximum Gasteiger partial charge on any atom is 0.305 e. The zero-order chi connectivity index (χ0) is 37.0. The van der Waals surface area contributed by atoms with Crippen molar-refractivity contribution in [2.45, 2.75) is 64.6 Å². The summed E-state index contributed by atoms with van der Waals surface area (Å²) in [4.78, 5) is 24.3. The van der Waals surface area contributed by atoms with Crippen LogP contribution in [0.1, 0.15) is 60.8 Å². The SMILES string of the molecule is COC(=O)CCCCc1ccc(OCc2cccc(F)c2)c(OC)c1.COc1cc(CCCCC(=O)N(C)C)ccc1OCc1cccc(F)c1. The van der Waals surface area contributed by atoms with Crippen molar-refractivity contribution in [3.8, 4) is 23.0 Å². The van der Waals surface area contributed by atoms with Crippen LogP contribution in [0.2, 0.25) is 0 Å². The molecule has 0 unspecified atom stereocenters. The summed E-state index contributed by atoms with van der Waals surface area (Å²) in [5.74, 6) is 1.96. The first-order chi connectivity index (χ1) is 24.6. The molecule has 0 saturated carbocycles. The molecule has 0 spiro atoms. The number of carbonyl (C=O) groups is 2. The van der Waals surface area contributed by atoms with Crippen molar-refractivity contribution >= 4 is 11.9 Å². The Bertz CT molecular complexity index is 1680. The van der Waals surface area contributed by atoms with Gasteiger partial charge in [-0.05, 0) is 109 Å². The van der Waals surface area contributed by atoms with Crippen molar-refractivity contribution in [3.05, 3.63) is 119 Å². The van der Waals surface area contributed by atoms with Crippen molar-refractivity contribution < 1.29 is 42.1 Å². The summed E-state index contributed by atoms with van der Waals surface area (Å²) in [5.41, 5.74) is 3.77. The highest BCUT2D eigenvalue weighted by atomic mass is 19.1. The number of methoxy groups -OCH3 is 3. The van der Waals surface area contributed by atoms with E-state index in [4.69, 9.17) is 18.9 Å². The van der Waals surface area contributed by atoms with Crippen LogP contribution in [0.25, 0.3) is 0 Å². The first kappa shape index (κ1) is 40.3. The van der Waals surface area contributed by atoms with Gasteiger partial charge in [-0.1, -0.05) is 36.4 Å². The summed E-state index contributed by atoms with van der Waals surface area (Å²) in [6.07, 6.45) is 6.19. The van der Waals surface area contributed by atoms with E-state index in [1.165, 1.54) is 31.4 Å². The van der Waals surface area contributed by atoms with Crippen LogP contribution in [-0.2, 0) is 40.4 Å². The van der Waals surface area contributed by atoms with Crippen LogP contribution in [0, 0.1) is 11.6 Å². The van der Waals surface area contributed by atoms with Crippen molar-refractivity contribution in [2.24, 2.45) is 0 Å². The molecule has 0 aliphatic rings. The number of benzene rings is 4. The highest BCUT2D eigenvalue weighted by Crippen LogP contribution is 2.31. The smallest absolute Gasteiger partial charge is 0.305 e. The standard InChI is InChI=1S/C21H26FNO3.C20H23FO4/c1-23(2)21(24)10-5-4-7-16-11-12-19(20(14-16)25-3)26-15-17-8-6-9-18(22)13-17;1-23-19-13-15(6-3-4-9-20(22)24-2)10-11-18(19)25-14-16-7-5-8-17(21)12-16/h6,8-9,11-14H,4-5,7,10,15H2,1-3H3;5,7-8,10-13H,3-4,6,9,14H2,1-2H3. The van der Waals surface area contributed by atoms with Gasteiger partial charge in [-0.25, -0.2) is 8.78 Å². The molecule has 4 aromatic rings. The molecule has 0 bridgehead atoms. The normalized spacial score (nSPS) is 10.4. The Kier molecular flexibility index (Phi) is 17.3. The van der Waals surface area contributed by atoms with Gasteiger partial charge in [0.2, 0.25) is 5.91 Å². The molecule has 4 aromatic carbocycles. The molecule has 0 atom stereocenters. The minimum absolute atomic E-state index is 0.156. The summed E-state index contributed by atoms with van der Waals surface area (Å²) in [7, 11) is 8.14. The van der Waals surface area contributed by atoms with Crippen molar-refractivity contribution in [1.29, 1.82) is 0 Å². The lowest BCUT2D eigenvalue weighted by Crippen LogP contribution is -2.21. The Hall–Kier alpha value is -5.12. The fourth-order valence-electron chi connectivity index (χ4n) is 5.08. The lowest BCUT2D eigenvalue weighted by Gasteiger charge is -2.13.